The molecule has 20 heavy (non-hydrogen) atoms. The average Bonchev–Trinajstić information content (AvgIpc) is 2.45. The molecule has 2 heteroatoms. The lowest BCUT2D eigenvalue weighted by Gasteiger charge is -2.13. The van der Waals surface area contributed by atoms with Gasteiger partial charge in [-0.3, -0.25) is 0 Å². The number of hydrogen-bond acceptors (Lipinski definition) is 2. The molecule has 0 spiro atoms. The van der Waals surface area contributed by atoms with Crippen molar-refractivity contribution in [3.63, 3.8) is 0 Å². The van der Waals surface area contributed by atoms with Crippen molar-refractivity contribution in [1.82, 2.24) is 0 Å². The minimum absolute atomic E-state index is 0.210. The number of hydrogen-bond donors (Lipinski definition) is 1. The summed E-state index contributed by atoms with van der Waals surface area (Å²) >= 11 is 0. The van der Waals surface area contributed by atoms with Gasteiger partial charge in [0.15, 0.2) is 11.5 Å². The van der Waals surface area contributed by atoms with E-state index in [-0.39, 0.29) is 5.75 Å². The number of aryl methyl sites for hydroxylation is 2. The second kappa shape index (κ2) is 6.47. The molecule has 0 radical (unpaired) electrons. The van der Waals surface area contributed by atoms with Crippen LogP contribution in [0.2, 0.25) is 0 Å². The molecular weight excluding hydrogens is 248 g/mol. The third-order valence-corrected chi connectivity index (χ3v) is 3.60. The molecule has 1 N–H and O–H groups in total. The number of benzene rings is 2. The predicted molar refractivity (Wildman–Crippen MR) is 82.6 cm³/mol. The highest BCUT2D eigenvalue weighted by molar-refractivity contribution is 5.42. The molecule has 0 bridgehead atoms. The van der Waals surface area contributed by atoms with E-state index in [4.69, 9.17) is 4.74 Å². The van der Waals surface area contributed by atoms with Crippen LogP contribution in [0.4, 0.5) is 0 Å². The fraction of sp³-hybridized carbons (Fsp3) is 0.333. The van der Waals surface area contributed by atoms with Crippen LogP contribution in [0.15, 0.2) is 42.5 Å². The molecule has 0 aromatic heterocycles. The van der Waals surface area contributed by atoms with E-state index in [1.165, 1.54) is 11.1 Å². The van der Waals surface area contributed by atoms with Crippen molar-refractivity contribution in [3.05, 3.63) is 59.2 Å². The quantitative estimate of drug-likeness (QED) is 0.877. The standard InChI is InChI=1S/C18H22O2/c1-13(2)16-7-5-4-6-15(16)10-8-14-9-11-18(20-3)17(19)12-14/h4-7,9,11-13,19H,8,10H2,1-3H3. The summed E-state index contributed by atoms with van der Waals surface area (Å²) in [6.45, 7) is 4.44. The van der Waals surface area contributed by atoms with Gasteiger partial charge in [0.2, 0.25) is 0 Å². The Hall–Kier alpha value is -1.96. The van der Waals surface area contributed by atoms with E-state index in [1.54, 1.807) is 13.2 Å². The van der Waals surface area contributed by atoms with Crippen molar-refractivity contribution in [3.8, 4) is 11.5 Å². The Labute approximate surface area is 121 Å². The van der Waals surface area contributed by atoms with Crippen LogP contribution < -0.4 is 4.74 Å². The van der Waals surface area contributed by atoms with E-state index >= 15 is 0 Å². The largest absolute Gasteiger partial charge is 0.504 e. The van der Waals surface area contributed by atoms with Gasteiger partial charge < -0.3 is 9.84 Å². The normalized spacial score (nSPS) is 10.8. The third-order valence-electron chi connectivity index (χ3n) is 3.60. The fourth-order valence-electron chi connectivity index (χ4n) is 2.50. The van der Waals surface area contributed by atoms with Gasteiger partial charge in [-0.25, -0.2) is 0 Å². The summed E-state index contributed by atoms with van der Waals surface area (Å²) < 4.78 is 5.06. The SMILES string of the molecule is COc1ccc(CCc2ccccc2C(C)C)cc1O. The Morgan fingerprint density at radius 3 is 2.45 bits per heavy atom. The first kappa shape index (κ1) is 14.4. The second-order valence-corrected chi connectivity index (χ2v) is 5.36. The molecule has 0 amide bonds. The number of ether oxygens (including phenoxy) is 1. The van der Waals surface area contributed by atoms with Crippen LogP contribution in [0.1, 0.15) is 36.5 Å². The van der Waals surface area contributed by atoms with Gasteiger partial charge in [-0.15, -0.1) is 0 Å². The molecule has 0 aliphatic carbocycles. The molecule has 0 atom stereocenters. The molecule has 0 aliphatic rings. The molecule has 0 saturated heterocycles. The van der Waals surface area contributed by atoms with E-state index in [0.717, 1.165) is 18.4 Å². The molecule has 0 heterocycles. The van der Waals surface area contributed by atoms with Crippen LogP contribution in [-0.4, -0.2) is 12.2 Å². The third kappa shape index (κ3) is 3.32. The molecule has 0 saturated carbocycles. The number of phenols is 1. The second-order valence-electron chi connectivity index (χ2n) is 5.36. The summed E-state index contributed by atoms with van der Waals surface area (Å²) in [5.74, 6) is 1.27. The number of rotatable bonds is 5. The van der Waals surface area contributed by atoms with Gasteiger partial charge in [0, 0.05) is 0 Å². The van der Waals surface area contributed by atoms with Gasteiger partial charge in [0.05, 0.1) is 7.11 Å². The summed E-state index contributed by atoms with van der Waals surface area (Å²) in [6.07, 6.45) is 1.90. The van der Waals surface area contributed by atoms with Crippen LogP contribution in [0, 0.1) is 0 Å². The van der Waals surface area contributed by atoms with Gasteiger partial charge in [0.1, 0.15) is 0 Å². The van der Waals surface area contributed by atoms with Gasteiger partial charge >= 0.3 is 0 Å². The smallest absolute Gasteiger partial charge is 0.160 e. The zero-order chi connectivity index (χ0) is 14.5. The molecular formula is C18H22O2. The molecule has 2 aromatic carbocycles. The van der Waals surface area contributed by atoms with E-state index < -0.39 is 0 Å². The maximum atomic E-state index is 9.81. The minimum atomic E-state index is 0.210. The van der Waals surface area contributed by atoms with Gasteiger partial charge in [-0.05, 0) is 47.6 Å². The van der Waals surface area contributed by atoms with Crippen molar-refractivity contribution < 1.29 is 9.84 Å². The Kier molecular flexibility index (Phi) is 4.67. The Morgan fingerprint density at radius 2 is 1.80 bits per heavy atom. The highest BCUT2D eigenvalue weighted by Crippen LogP contribution is 2.27. The van der Waals surface area contributed by atoms with E-state index in [1.807, 2.05) is 12.1 Å². The Balaban J connectivity index is 2.11. The first-order valence-electron chi connectivity index (χ1n) is 7.05. The van der Waals surface area contributed by atoms with Gasteiger partial charge in [0.25, 0.3) is 0 Å². The van der Waals surface area contributed by atoms with Gasteiger partial charge in [-0.2, -0.15) is 0 Å². The molecule has 0 unspecified atom stereocenters. The van der Waals surface area contributed by atoms with Crippen molar-refractivity contribution in [1.29, 1.82) is 0 Å². The predicted octanol–water partition coefficient (Wildman–Crippen LogP) is 4.31. The van der Waals surface area contributed by atoms with Crippen molar-refractivity contribution in [2.75, 3.05) is 7.11 Å². The van der Waals surface area contributed by atoms with Crippen molar-refractivity contribution >= 4 is 0 Å². The molecule has 0 fully saturated rings. The number of methoxy groups -OCH3 is 1. The van der Waals surface area contributed by atoms with Crippen LogP contribution in [0.25, 0.3) is 0 Å². The van der Waals surface area contributed by atoms with E-state index in [9.17, 15) is 5.11 Å². The van der Waals surface area contributed by atoms with Crippen LogP contribution in [-0.2, 0) is 12.8 Å². The molecule has 2 rings (SSSR count). The van der Waals surface area contributed by atoms with Crippen LogP contribution in [0.5, 0.6) is 11.5 Å². The first-order chi connectivity index (χ1) is 9.61. The molecule has 2 nitrogen and oxygen atoms in total. The maximum absolute atomic E-state index is 9.81. The molecule has 2 aromatic rings. The zero-order valence-corrected chi connectivity index (χ0v) is 12.4. The van der Waals surface area contributed by atoms with E-state index in [0.29, 0.717) is 11.7 Å². The summed E-state index contributed by atoms with van der Waals surface area (Å²) in [5.41, 5.74) is 3.92. The minimum Gasteiger partial charge on any atom is -0.504 e. The van der Waals surface area contributed by atoms with Crippen molar-refractivity contribution in [2.45, 2.75) is 32.6 Å². The summed E-state index contributed by atoms with van der Waals surface area (Å²) in [7, 11) is 1.56. The summed E-state index contributed by atoms with van der Waals surface area (Å²) in [5, 5.41) is 9.81. The monoisotopic (exact) mass is 270 g/mol. The van der Waals surface area contributed by atoms with Crippen LogP contribution in [0.3, 0.4) is 0 Å². The highest BCUT2D eigenvalue weighted by atomic mass is 16.5. The fourth-order valence-corrected chi connectivity index (χ4v) is 2.50. The Morgan fingerprint density at radius 1 is 1.05 bits per heavy atom. The highest BCUT2D eigenvalue weighted by Gasteiger charge is 2.07. The lowest BCUT2D eigenvalue weighted by atomic mass is 9.93. The first-order valence-corrected chi connectivity index (χ1v) is 7.05. The van der Waals surface area contributed by atoms with Gasteiger partial charge in [-0.1, -0.05) is 44.2 Å². The van der Waals surface area contributed by atoms with E-state index in [2.05, 4.69) is 38.1 Å². The summed E-state index contributed by atoms with van der Waals surface area (Å²) in [4.78, 5) is 0. The lowest BCUT2D eigenvalue weighted by molar-refractivity contribution is 0.373. The topological polar surface area (TPSA) is 29.5 Å². The average molecular weight is 270 g/mol. The Bertz CT molecular complexity index is 573. The number of aromatic hydroxyl groups is 1. The zero-order valence-electron chi connectivity index (χ0n) is 12.4. The summed E-state index contributed by atoms with van der Waals surface area (Å²) in [6, 6.07) is 14.2. The van der Waals surface area contributed by atoms with Crippen LogP contribution >= 0.6 is 0 Å². The molecule has 106 valence electrons. The van der Waals surface area contributed by atoms with Crippen molar-refractivity contribution in [2.24, 2.45) is 0 Å². The maximum Gasteiger partial charge on any atom is 0.160 e. The lowest BCUT2D eigenvalue weighted by Crippen LogP contribution is -1.98. The molecule has 0 aliphatic heterocycles. The number of phenolic OH excluding ortho intramolecular Hbond substituents is 1.